The SMILES string of the molecule is O=C(CSc1nc2ncccc2c(=O)n1C[C@H]1CCCO1)Nc1ccc(Cl)cc1F. The quantitative estimate of drug-likeness (QED) is 0.459. The highest BCUT2D eigenvalue weighted by Gasteiger charge is 2.21. The van der Waals surface area contributed by atoms with Crippen LogP contribution in [-0.2, 0) is 16.1 Å². The molecule has 3 heterocycles. The Bertz CT molecular complexity index is 1150. The lowest BCUT2D eigenvalue weighted by Gasteiger charge is -2.16. The highest BCUT2D eigenvalue weighted by molar-refractivity contribution is 7.99. The fraction of sp³-hybridized carbons (Fsp3) is 0.300. The van der Waals surface area contributed by atoms with Gasteiger partial charge in [0.25, 0.3) is 5.56 Å². The van der Waals surface area contributed by atoms with Gasteiger partial charge in [0.2, 0.25) is 5.91 Å². The summed E-state index contributed by atoms with van der Waals surface area (Å²) in [6, 6.07) is 7.37. The van der Waals surface area contributed by atoms with Crippen LogP contribution in [-0.4, -0.2) is 38.9 Å². The number of carbonyl (C=O) groups excluding carboxylic acids is 1. The number of carbonyl (C=O) groups is 1. The molecule has 1 aliphatic rings. The third-order valence-corrected chi connectivity index (χ3v) is 5.85. The van der Waals surface area contributed by atoms with E-state index in [4.69, 9.17) is 16.3 Å². The summed E-state index contributed by atoms with van der Waals surface area (Å²) in [5.74, 6) is -1.11. The van der Waals surface area contributed by atoms with Gasteiger partial charge < -0.3 is 10.1 Å². The number of thioether (sulfide) groups is 1. The third-order valence-electron chi connectivity index (χ3n) is 4.64. The van der Waals surface area contributed by atoms with E-state index < -0.39 is 11.7 Å². The van der Waals surface area contributed by atoms with E-state index >= 15 is 0 Å². The van der Waals surface area contributed by atoms with Crippen molar-refractivity contribution in [3.8, 4) is 0 Å². The molecule has 1 aliphatic heterocycles. The van der Waals surface area contributed by atoms with Gasteiger partial charge in [-0.2, -0.15) is 0 Å². The third kappa shape index (κ3) is 4.63. The summed E-state index contributed by atoms with van der Waals surface area (Å²) in [6.07, 6.45) is 3.29. The van der Waals surface area contributed by atoms with Crippen molar-refractivity contribution >= 4 is 46.0 Å². The predicted molar refractivity (Wildman–Crippen MR) is 114 cm³/mol. The number of nitrogens with zero attached hydrogens (tertiary/aromatic N) is 3. The van der Waals surface area contributed by atoms with E-state index in [0.717, 1.165) is 30.7 Å². The van der Waals surface area contributed by atoms with Gasteiger partial charge in [0.05, 0.1) is 29.5 Å². The summed E-state index contributed by atoms with van der Waals surface area (Å²) in [5, 5.41) is 3.52. The van der Waals surface area contributed by atoms with Crippen molar-refractivity contribution in [2.75, 3.05) is 17.7 Å². The summed E-state index contributed by atoms with van der Waals surface area (Å²) >= 11 is 6.82. The van der Waals surface area contributed by atoms with E-state index in [1.54, 1.807) is 18.3 Å². The molecule has 0 radical (unpaired) electrons. The Balaban J connectivity index is 1.56. The van der Waals surface area contributed by atoms with Crippen molar-refractivity contribution in [3.63, 3.8) is 0 Å². The van der Waals surface area contributed by atoms with Gasteiger partial charge in [-0.05, 0) is 43.2 Å². The van der Waals surface area contributed by atoms with Crippen molar-refractivity contribution in [1.82, 2.24) is 14.5 Å². The number of hydrogen-bond acceptors (Lipinski definition) is 6. The van der Waals surface area contributed by atoms with Crippen LogP contribution < -0.4 is 10.9 Å². The van der Waals surface area contributed by atoms with Crippen molar-refractivity contribution in [3.05, 3.63) is 57.7 Å². The number of halogens is 2. The van der Waals surface area contributed by atoms with Crippen LogP contribution in [0.3, 0.4) is 0 Å². The predicted octanol–water partition coefficient (Wildman–Crippen LogP) is 3.49. The minimum absolute atomic E-state index is 0.0369. The lowest BCUT2D eigenvalue weighted by molar-refractivity contribution is -0.113. The second kappa shape index (κ2) is 9.11. The highest BCUT2D eigenvalue weighted by atomic mass is 35.5. The molecule has 1 atom stereocenters. The first-order chi connectivity index (χ1) is 14.5. The molecular weight excluding hydrogens is 431 g/mol. The lowest BCUT2D eigenvalue weighted by Crippen LogP contribution is -2.29. The molecular formula is C20H18ClFN4O3S. The number of fused-ring (bicyclic) bond motifs is 1. The van der Waals surface area contributed by atoms with Gasteiger partial charge in [0.15, 0.2) is 10.8 Å². The molecule has 10 heteroatoms. The molecule has 0 bridgehead atoms. The number of nitrogens with one attached hydrogen (secondary N) is 1. The summed E-state index contributed by atoms with van der Waals surface area (Å²) in [5.41, 5.74) is 0.128. The van der Waals surface area contributed by atoms with Crippen LogP contribution >= 0.6 is 23.4 Å². The molecule has 1 amide bonds. The Morgan fingerprint density at radius 1 is 1.40 bits per heavy atom. The zero-order valence-electron chi connectivity index (χ0n) is 15.8. The molecule has 4 rings (SSSR count). The minimum atomic E-state index is -0.621. The number of pyridine rings is 1. The van der Waals surface area contributed by atoms with Gasteiger partial charge >= 0.3 is 0 Å². The van der Waals surface area contributed by atoms with Gasteiger partial charge in [0, 0.05) is 17.8 Å². The molecule has 1 aromatic carbocycles. The molecule has 1 N–H and O–H groups in total. The van der Waals surface area contributed by atoms with Crippen LogP contribution in [0.4, 0.5) is 10.1 Å². The summed E-state index contributed by atoms with van der Waals surface area (Å²) in [7, 11) is 0. The topological polar surface area (TPSA) is 86.1 Å². The maximum atomic E-state index is 13.9. The fourth-order valence-corrected chi connectivity index (χ4v) is 4.16. The molecule has 7 nitrogen and oxygen atoms in total. The number of benzene rings is 1. The van der Waals surface area contributed by atoms with Crippen molar-refractivity contribution in [2.24, 2.45) is 0 Å². The first-order valence-electron chi connectivity index (χ1n) is 9.36. The number of ether oxygens (including phenoxy) is 1. The second-order valence-corrected chi connectivity index (χ2v) is 8.16. The molecule has 1 fully saturated rings. The van der Waals surface area contributed by atoms with Gasteiger partial charge in [-0.15, -0.1) is 0 Å². The fourth-order valence-electron chi connectivity index (χ4n) is 3.21. The minimum Gasteiger partial charge on any atom is -0.376 e. The number of anilines is 1. The Morgan fingerprint density at radius 3 is 3.03 bits per heavy atom. The summed E-state index contributed by atoms with van der Waals surface area (Å²) in [6.45, 7) is 1.02. The van der Waals surface area contributed by atoms with Crippen molar-refractivity contribution in [1.29, 1.82) is 0 Å². The summed E-state index contributed by atoms with van der Waals surface area (Å²) in [4.78, 5) is 34.0. The largest absolute Gasteiger partial charge is 0.376 e. The monoisotopic (exact) mass is 448 g/mol. The number of rotatable bonds is 6. The van der Waals surface area contributed by atoms with E-state index in [1.807, 2.05) is 0 Å². The Morgan fingerprint density at radius 2 is 2.27 bits per heavy atom. The maximum absolute atomic E-state index is 13.9. The average Bonchev–Trinajstić information content (AvgIpc) is 3.24. The smallest absolute Gasteiger partial charge is 0.263 e. The van der Waals surface area contributed by atoms with Crippen LogP contribution in [0.15, 0.2) is 46.5 Å². The molecule has 0 spiro atoms. The number of aromatic nitrogens is 3. The number of amides is 1. The Hall–Kier alpha value is -2.49. The molecule has 2 aromatic heterocycles. The Labute approximate surface area is 180 Å². The van der Waals surface area contributed by atoms with Crippen LogP contribution in [0.2, 0.25) is 5.02 Å². The molecule has 0 unspecified atom stereocenters. The molecule has 3 aromatic rings. The van der Waals surface area contributed by atoms with Crippen LogP contribution in [0.1, 0.15) is 12.8 Å². The van der Waals surface area contributed by atoms with Crippen molar-refractivity contribution < 1.29 is 13.9 Å². The van der Waals surface area contributed by atoms with E-state index in [0.29, 0.717) is 29.3 Å². The molecule has 0 saturated carbocycles. The first kappa shape index (κ1) is 20.8. The first-order valence-corrected chi connectivity index (χ1v) is 10.7. The van der Waals surface area contributed by atoms with Gasteiger partial charge in [-0.25, -0.2) is 14.4 Å². The van der Waals surface area contributed by atoms with Crippen LogP contribution in [0.25, 0.3) is 11.0 Å². The molecule has 0 aliphatic carbocycles. The summed E-state index contributed by atoms with van der Waals surface area (Å²) < 4.78 is 21.1. The van der Waals surface area contributed by atoms with Gasteiger partial charge in [-0.3, -0.25) is 14.2 Å². The zero-order valence-corrected chi connectivity index (χ0v) is 17.4. The molecule has 156 valence electrons. The normalized spacial score (nSPS) is 16.1. The van der Waals surface area contributed by atoms with E-state index in [-0.39, 0.29) is 28.1 Å². The maximum Gasteiger partial charge on any atom is 0.263 e. The average molecular weight is 449 g/mol. The van der Waals surface area contributed by atoms with E-state index in [2.05, 4.69) is 15.3 Å². The number of hydrogen-bond donors (Lipinski definition) is 1. The molecule has 1 saturated heterocycles. The standard InChI is InChI=1S/C20H18ClFN4O3S/c21-12-5-6-16(15(22)9-12)24-17(27)11-30-20-25-18-14(4-1-7-23-18)19(28)26(20)10-13-3-2-8-29-13/h1,4-7,9,13H,2-3,8,10-11H2,(H,24,27)/t13-/m1/s1. The van der Waals surface area contributed by atoms with E-state index in [9.17, 15) is 14.0 Å². The van der Waals surface area contributed by atoms with Crippen LogP contribution in [0.5, 0.6) is 0 Å². The highest BCUT2D eigenvalue weighted by Crippen LogP contribution is 2.22. The van der Waals surface area contributed by atoms with Gasteiger partial charge in [-0.1, -0.05) is 23.4 Å². The second-order valence-electron chi connectivity index (χ2n) is 6.78. The zero-order chi connectivity index (χ0) is 21.1. The molecule has 30 heavy (non-hydrogen) atoms. The van der Waals surface area contributed by atoms with E-state index in [1.165, 1.54) is 16.7 Å². The lowest BCUT2D eigenvalue weighted by atomic mass is 10.2. The Kier molecular flexibility index (Phi) is 6.31. The van der Waals surface area contributed by atoms with Gasteiger partial charge in [0.1, 0.15) is 5.82 Å². The van der Waals surface area contributed by atoms with Crippen LogP contribution in [0, 0.1) is 5.82 Å². The van der Waals surface area contributed by atoms with Crippen molar-refractivity contribution in [2.45, 2.75) is 30.6 Å².